The molecule has 0 saturated carbocycles. The van der Waals surface area contributed by atoms with Gasteiger partial charge in [0.25, 0.3) is 0 Å². The van der Waals surface area contributed by atoms with Crippen molar-refractivity contribution in [2.45, 2.75) is 0 Å². The summed E-state index contributed by atoms with van der Waals surface area (Å²) < 4.78 is 5.36. The van der Waals surface area contributed by atoms with Crippen molar-refractivity contribution in [1.29, 1.82) is 0 Å². The van der Waals surface area contributed by atoms with Crippen molar-refractivity contribution in [3.05, 3.63) is 51.0 Å². The standard InChI is InChI=1S/C12H8BrNO5/c13-8-6-9(19-7-4-2-1-3-5-7)11(15)12(16)10(8)14(17)18/h1-6,15-16H. The number of halogens is 1. The Hall–Kier alpha value is -2.28. The van der Waals surface area contributed by atoms with E-state index < -0.39 is 22.1 Å². The Morgan fingerprint density at radius 1 is 1.16 bits per heavy atom. The van der Waals surface area contributed by atoms with Crippen LogP contribution in [0.5, 0.6) is 23.0 Å². The largest absolute Gasteiger partial charge is 0.502 e. The molecule has 0 aliphatic rings. The fraction of sp³-hybridized carbons (Fsp3) is 0. The molecule has 19 heavy (non-hydrogen) atoms. The first-order valence-corrected chi connectivity index (χ1v) is 5.91. The minimum absolute atomic E-state index is 0.0127. The van der Waals surface area contributed by atoms with Gasteiger partial charge in [0.15, 0.2) is 5.75 Å². The van der Waals surface area contributed by atoms with Gasteiger partial charge in [0.1, 0.15) is 10.2 Å². The van der Waals surface area contributed by atoms with Crippen molar-refractivity contribution in [2.75, 3.05) is 0 Å². The molecule has 0 atom stereocenters. The maximum atomic E-state index is 10.7. The summed E-state index contributed by atoms with van der Waals surface area (Å²) in [5, 5.41) is 30.0. The van der Waals surface area contributed by atoms with Gasteiger partial charge in [-0.05, 0) is 28.1 Å². The monoisotopic (exact) mass is 325 g/mol. The highest BCUT2D eigenvalue weighted by Crippen LogP contribution is 2.47. The van der Waals surface area contributed by atoms with E-state index in [0.29, 0.717) is 5.75 Å². The lowest BCUT2D eigenvalue weighted by Gasteiger charge is -2.09. The second kappa shape index (κ2) is 5.15. The lowest BCUT2D eigenvalue weighted by molar-refractivity contribution is -0.386. The van der Waals surface area contributed by atoms with Crippen LogP contribution in [-0.2, 0) is 0 Å². The molecule has 0 bridgehead atoms. The topological polar surface area (TPSA) is 92.8 Å². The van der Waals surface area contributed by atoms with Crippen molar-refractivity contribution in [3.8, 4) is 23.0 Å². The molecule has 6 nitrogen and oxygen atoms in total. The molecule has 2 N–H and O–H groups in total. The van der Waals surface area contributed by atoms with E-state index in [4.69, 9.17) is 4.74 Å². The SMILES string of the molecule is O=[N+]([O-])c1c(Br)cc(Oc2ccccc2)c(O)c1O. The summed E-state index contributed by atoms with van der Waals surface area (Å²) in [7, 11) is 0. The van der Waals surface area contributed by atoms with Gasteiger partial charge < -0.3 is 14.9 Å². The predicted octanol–water partition coefficient (Wildman–Crippen LogP) is 3.56. The molecule has 0 saturated heterocycles. The number of nitro groups is 1. The van der Waals surface area contributed by atoms with E-state index >= 15 is 0 Å². The van der Waals surface area contributed by atoms with Crippen LogP contribution in [0.15, 0.2) is 40.9 Å². The molecule has 0 spiro atoms. The number of hydrogen-bond donors (Lipinski definition) is 2. The van der Waals surface area contributed by atoms with Crippen LogP contribution in [0.3, 0.4) is 0 Å². The number of hydrogen-bond acceptors (Lipinski definition) is 5. The summed E-state index contributed by atoms with van der Waals surface area (Å²) in [6.07, 6.45) is 0. The molecule has 0 aromatic heterocycles. The summed E-state index contributed by atoms with van der Waals surface area (Å²) >= 11 is 2.95. The number of nitrogens with zero attached hydrogens (tertiary/aromatic N) is 1. The molecule has 0 amide bonds. The van der Waals surface area contributed by atoms with Gasteiger partial charge >= 0.3 is 5.69 Å². The Kier molecular flexibility index (Phi) is 3.57. The summed E-state index contributed by atoms with van der Waals surface area (Å²) in [5.41, 5.74) is -0.613. The molecule has 0 radical (unpaired) electrons. The number of benzene rings is 2. The molecule has 2 aromatic rings. The third-order valence-corrected chi connectivity index (χ3v) is 2.92. The van der Waals surface area contributed by atoms with E-state index in [2.05, 4.69) is 15.9 Å². The number of phenols is 2. The molecule has 98 valence electrons. The van der Waals surface area contributed by atoms with E-state index in [9.17, 15) is 20.3 Å². The molecule has 0 aliphatic heterocycles. The van der Waals surface area contributed by atoms with E-state index in [1.807, 2.05) is 0 Å². The maximum absolute atomic E-state index is 10.7. The number of nitro benzene ring substituents is 1. The quantitative estimate of drug-likeness (QED) is 0.511. The average Bonchev–Trinajstić information content (AvgIpc) is 2.36. The van der Waals surface area contributed by atoms with Crippen LogP contribution in [0.4, 0.5) is 5.69 Å². The van der Waals surface area contributed by atoms with Gasteiger partial charge in [0.05, 0.1) is 4.92 Å². The first-order chi connectivity index (χ1) is 9.00. The van der Waals surface area contributed by atoms with Gasteiger partial charge in [-0.3, -0.25) is 10.1 Å². The first-order valence-electron chi connectivity index (χ1n) is 5.12. The molecule has 2 aromatic carbocycles. The lowest BCUT2D eigenvalue weighted by atomic mass is 10.2. The van der Waals surface area contributed by atoms with Gasteiger partial charge in [-0.2, -0.15) is 0 Å². The molecule has 7 heteroatoms. The zero-order valence-corrected chi connectivity index (χ0v) is 11.0. The van der Waals surface area contributed by atoms with Crippen LogP contribution in [0.25, 0.3) is 0 Å². The minimum atomic E-state index is -0.842. The maximum Gasteiger partial charge on any atom is 0.328 e. The Morgan fingerprint density at radius 3 is 2.37 bits per heavy atom. The van der Waals surface area contributed by atoms with E-state index in [0.717, 1.165) is 0 Å². The number of phenolic OH excluding ortho intramolecular Hbond substituents is 2. The van der Waals surface area contributed by atoms with Gasteiger partial charge in [0, 0.05) is 6.07 Å². The molecule has 2 rings (SSSR count). The highest BCUT2D eigenvalue weighted by atomic mass is 79.9. The van der Waals surface area contributed by atoms with E-state index in [-0.39, 0.29) is 10.2 Å². The van der Waals surface area contributed by atoms with Crippen molar-refractivity contribution >= 4 is 21.6 Å². The zero-order valence-electron chi connectivity index (χ0n) is 9.41. The fourth-order valence-electron chi connectivity index (χ4n) is 1.46. The van der Waals surface area contributed by atoms with Gasteiger partial charge in [-0.15, -0.1) is 0 Å². The highest BCUT2D eigenvalue weighted by molar-refractivity contribution is 9.10. The molecular formula is C12H8BrNO5. The second-order valence-electron chi connectivity index (χ2n) is 3.57. The number of para-hydroxylation sites is 1. The molecule has 0 aliphatic carbocycles. The van der Waals surface area contributed by atoms with Crippen LogP contribution in [0, 0.1) is 10.1 Å². The normalized spacial score (nSPS) is 10.2. The van der Waals surface area contributed by atoms with Gasteiger partial charge in [-0.1, -0.05) is 18.2 Å². The summed E-state index contributed by atoms with van der Waals surface area (Å²) in [5.74, 6) is -1.18. The Morgan fingerprint density at radius 2 is 1.79 bits per heavy atom. The molecule has 0 unspecified atom stereocenters. The Bertz CT molecular complexity index is 630. The number of rotatable bonds is 3. The molecular weight excluding hydrogens is 318 g/mol. The Labute approximate surface area is 116 Å². The van der Waals surface area contributed by atoms with Crippen LogP contribution < -0.4 is 4.74 Å². The number of aromatic hydroxyl groups is 2. The third kappa shape index (κ3) is 2.60. The van der Waals surface area contributed by atoms with Crippen molar-refractivity contribution in [2.24, 2.45) is 0 Å². The molecule has 0 fully saturated rings. The average molecular weight is 326 g/mol. The predicted molar refractivity (Wildman–Crippen MR) is 70.6 cm³/mol. The summed E-state index contributed by atoms with van der Waals surface area (Å²) in [6.45, 7) is 0. The van der Waals surface area contributed by atoms with Crippen molar-refractivity contribution < 1.29 is 19.9 Å². The number of ether oxygens (including phenoxy) is 1. The lowest BCUT2D eigenvalue weighted by Crippen LogP contribution is -1.93. The smallest absolute Gasteiger partial charge is 0.328 e. The Balaban J connectivity index is 2.46. The zero-order chi connectivity index (χ0) is 14.0. The third-order valence-electron chi connectivity index (χ3n) is 2.32. The van der Waals surface area contributed by atoms with Gasteiger partial charge in [-0.25, -0.2) is 0 Å². The minimum Gasteiger partial charge on any atom is -0.502 e. The molecule has 0 heterocycles. The van der Waals surface area contributed by atoms with Crippen LogP contribution >= 0.6 is 15.9 Å². The summed E-state index contributed by atoms with van der Waals surface area (Å²) in [6, 6.07) is 9.76. The van der Waals surface area contributed by atoms with Crippen LogP contribution in [0.2, 0.25) is 0 Å². The van der Waals surface area contributed by atoms with Crippen LogP contribution in [0.1, 0.15) is 0 Å². The second-order valence-corrected chi connectivity index (χ2v) is 4.43. The summed E-state index contributed by atoms with van der Waals surface area (Å²) in [4.78, 5) is 9.93. The van der Waals surface area contributed by atoms with Gasteiger partial charge in [0.2, 0.25) is 11.5 Å². The first kappa shape index (κ1) is 13.2. The van der Waals surface area contributed by atoms with Crippen LogP contribution in [-0.4, -0.2) is 15.1 Å². The van der Waals surface area contributed by atoms with E-state index in [1.54, 1.807) is 30.3 Å². The fourth-order valence-corrected chi connectivity index (χ4v) is 2.00. The van der Waals surface area contributed by atoms with Crippen molar-refractivity contribution in [3.63, 3.8) is 0 Å². The van der Waals surface area contributed by atoms with Crippen molar-refractivity contribution in [1.82, 2.24) is 0 Å². The highest BCUT2D eigenvalue weighted by Gasteiger charge is 2.26. The van der Waals surface area contributed by atoms with E-state index in [1.165, 1.54) is 6.07 Å².